The average Bonchev–Trinajstić information content (AvgIpc) is 1.38. The highest BCUT2D eigenvalue weighted by molar-refractivity contribution is 6.34. The molecule has 2 N–H and O–H groups in total. The Hall–Kier alpha value is -0.153. The predicted octanol–water partition coefficient (Wildman–Crippen LogP) is -1.89. The first-order chi connectivity index (χ1) is 2.27. The Morgan fingerprint density at radius 1 is 1.80 bits per heavy atom. The molecule has 0 amide bonds. The summed E-state index contributed by atoms with van der Waals surface area (Å²) < 4.78 is 0. The Morgan fingerprint density at radius 2 is 2.00 bits per heavy atom. The Balaban J connectivity index is 2.85. The lowest BCUT2D eigenvalue weighted by Gasteiger charge is -1.80. The third kappa shape index (κ3) is 3.85. The van der Waals surface area contributed by atoms with Crippen LogP contribution in [-0.2, 0) is 0 Å². The SMILES string of the molecule is OCC(O)=[SiH2]. The van der Waals surface area contributed by atoms with Crippen molar-refractivity contribution in [2.75, 3.05) is 6.61 Å². The van der Waals surface area contributed by atoms with Crippen molar-refractivity contribution in [3.8, 4) is 0 Å². The summed E-state index contributed by atoms with van der Waals surface area (Å²) in [7, 11) is 1.27. The molecular formula is C2H6O2Si. The van der Waals surface area contributed by atoms with Crippen LogP contribution in [0.1, 0.15) is 0 Å². The first-order valence-electron chi connectivity index (χ1n) is 1.25. The van der Waals surface area contributed by atoms with Crippen LogP contribution in [0.5, 0.6) is 0 Å². The molecule has 0 rings (SSSR count). The predicted molar refractivity (Wildman–Crippen MR) is 22.6 cm³/mol. The number of rotatable bonds is 1. The van der Waals surface area contributed by atoms with Crippen molar-refractivity contribution in [1.82, 2.24) is 0 Å². The Kier molecular flexibility index (Phi) is 2.04. The highest BCUT2D eigenvalue weighted by atomic mass is 28.1. The fraction of sp³-hybridized carbons (Fsp3) is 0.500. The van der Waals surface area contributed by atoms with E-state index >= 15 is 0 Å². The Morgan fingerprint density at radius 3 is 2.00 bits per heavy atom. The minimum absolute atomic E-state index is 0.0880. The molecule has 0 aromatic carbocycles. The van der Waals surface area contributed by atoms with E-state index in [1.54, 1.807) is 0 Å². The summed E-state index contributed by atoms with van der Waals surface area (Å²) in [6, 6.07) is 0. The van der Waals surface area contributed by atoms with E-state index in [0.717, 1.165) is 0 Å². The summed E-state index contributed by atoms with van der Waals surface area (Å²) in [6.45, 7) is -0.210. The minimum Gasteiger partial charge on any atom is -0.516 e. The highest BCUT2D eigenvalue weighted by Crippen LogP contribution is 1.47. The van der Waals surface area contributed by atoms with Crippen molar-refractivity contribution in [3.05, 3.63) is 0 Å². The van der Waals surface area contributed by atoms with Gasteiger partial charge in [-0.1, -0.05) is 0 Å². The fourth-order valence-corrected chi connectivity index (χ4v) is 0. The molecule has 0 bridgehead atoms. The zero-order valence-corrected chi connectivity index (χ0v) is 4.22. The average molecular weight is 90.2 g/mol. The van der Waals surface area contributed by atoms with Crippen LogP contribution in [0.4, 0.5) is 0 Å². The van der Waals surface area contributed by atoms with Crippen LogP contribution in [-0.4, -0.2) is 32.0 Å². The maximum absolute atomic E-state index is 8.04. The molecule has 0 heterocycles. The fourth-order valence-electron chi connectivity index (χ4n) is 0. The van der Waals surface area contributed by atoms with Gasteiger partial charge in [-0.2, -0.15) is 0 Å². The van der Waals surface area contributed by atoms with E-state index in [2.05, 4.69) is 0 Å². The normalized spacial score (nSPS) is 7.40. The van der Waals surface area contributed by atoms with Crippen molar-refractivity contribution in [1.29, 1.82) is 0 Å². The molecule has 0 spiro atoms. The second kappa shape index (κ2) is 2.11. The van der Waals surface area contributed by atoms with Crippen LogP contribution in [0.2, 0.25) is 0 Å². The van der Waals surface area contributed by atoms with Crippen molar-refractivity contribution in [2.24, 2.45) is 0 Å². The van der Waals surface area contributed by atoms with Gasteiger partial charge in [0.15, 0.2) is 0 Å². The smallest absolute Gasteiger partial charge is 0.0941 e. The van der Waals surface area contributed by atoms with Crippen LogP contribution in [0.25, 0.3) is 0 Å². The summed E-state index contributed by atoms with van der Waals surface area (Å²) in [5.74, 6) is 0. The van der Waals surface area contributed by atoms with E-state index in [-0.39, 0.29) is 12.0 Å². The number of aliphatic hydroxyl groups excluding tert-OH is 2. The zero-order chi connectivity index (χ0) is 4.28. The molecule has 3 heteroatoms. The summed E-state index contributed by atoms with van der Waals surface area (Å²) in [6.07, 6.45) is 0. The second-order valence-corrected chi connectivity index (χ2v) is 1.54. The summed E-state index contributed by atoms with van der Waals surface area (Å²) in [5.41, 5.74) is 0. The molecular weight excluding hydrogens is 84.1 g/mol. The van der Waals surface area contributed by atoms with Crippen molar-refractivity contribution < 1.29 is 10.2 Å². The number of hydrogen-bond donors (Lipinski definition) is 2. The first kappa shape index (κ1) is 4.85. The quantitative estimate of drug-likeness (QED) is 0.370. The van der Waals surface area contributed by atoms with Gasteiger partial charge >= 0.3 is 0 Å². The van der Waals surface area contributed by atoms with Gasteiger partial charge in [-0.25, -0.2) is 0 Å². The van der Waals surface area contributed by atoms with Gasteiger partial charge in [0.05, 0.1) is 12.0 Å². The van der Waals surface area contributed by atoms with Crippen LogP contribution < -0.4 is 0 Å². The molecule has 0 aliphatic rings. The van der Waals surface area contributed by atoms with Gasteiger partial charge in [-0.05, 0) is 0 Å². The molecule has 0 aromatic heterocycles. The lowest BCUT2D eigenvalue weighted by atomic mass is 10.8. The van der Waals surface area contributed by atoms with E-state index in [1.807, 2.05) is 0 Å². The van der Waals surface area contributed by atoms with Gasteiger partial charge < -0.3 is 10.2 Å². The van der Waals surface area contributed by atoms with Gasteiger partial charge in [0, 0.05) is 9.85 Å². The molecule has 30 valence electrons. The maximum atomic E-state index is 8.04. The third-order valence-corrected chi connectivity index (χ3v) is 0.406. The largest absolute Gasteiger partial charge is 0.516 e. The minimum atomic E-state index is -0.210. The molecule has 0 saturated carbocycles. The molecule has 5 heavy (non-hydrogen) atoms. The van der Waals surface area contributed by atoms with Gasteiger partial charge in [-0.15, -0.1) is 0 Å². The molecule has 0 aliphatic heterocycles. The van der Waals surface area contributed by atoms with Crippen molar-refractivity contribution in [3.63, 3.8) is 0 Å². The van der Waals surface area contributed by atoms with Gasteiger partial charge in [0.1, 0.15) is 0 Å². The lowest BCUT2D eigenvalue weighted by Crippen LogP contribution is -2.00. The second-order valence-electron chi connectivity index (χ2n) is 0.724. The third-order valence-electron chi connectivity index (χ3n) is 0.183. The lowest BCUT2D eigenvalue weighted by molar-refractivity contribution is 0.331. The molecule has 0 atom stereocenters. The first-order valence-corrected chi connectivity index (χ1v) is 1.95. The van der Waals surface area contributed by atoms with Crippen LogP contribution in [0.15, 0.2) is 0 Å². The zero-order valence-electron chi connectivity index (χ0n) is 2.81. The summed E-state index contributed by atoms with van der Waals surface area (Å²) >= 11 is 0. The number of hydrogen-bond acceptors (Lipinski definition) is 2. The van der Waals surface area contributed by atoms with Gasteiger partial charge in [-0.3, -0.25) is 0 Å². The Bertz CT molecular complexity index is 42.9. The number of aliphatic hydroxyl groups is 2. The van der Waals surface area contributed by atoms with E-state index in [9.17, 15) is 0 Å². The summed E-state index contributed by atoms with van der Waals surface area (Å²) in [5, 5.41) is 16.0. The molecule has 0 radical (unpaired) electrons. The maximum Gasteiger partial charge on any atom is 0.0941 e. The van der Waals surface area contributed by atoms with Crippen LogP contribution in [0, 0.1) is 0 Å². The standard InChI is InChI=1S/C2H6O2Si/c3-1-2(4)5/h3-4H,1,5H2. The van der Waals surface area contributed by atoms with Gasteiger partial charge in [0.2, 0.25) is 0 Å². The molecule has 0 aromatic rings. The van der Waals surface area contributed by atoms with Crippen LogP contribution >= 0.6 is 0 Å². The van der Waals surface area contributed by atoms with Crippen molar-refractivity contribution >= 4 is 15.2 Å². The van der Waals surface area contributed by atoms with E-state index < -0.39 is 0 Å². The molecule has 0 aliphatic carbocycles. The summed E-state index contributed by atoms with van der Waals surface area (Å²) in [4.78, 5) is 0. The van der Waals surface area contributed by atoms with Crippen molar-refractivity contribution in [2.45, 2.75) is 0 Å². The molecule has 0 fully saturated rings. The van der Waals surface area contributed by atoms with Gasteiger partial charge in [0.25, 0.3) is 0 Å². The molecule has 2 nitrogen and oxygen atoms in total. The topological polar surface area (TPSA) is 40.5 Å². The molecule has 0 unspecified atom stereocenters. The molecule has 0 saturated heterocycles. The van der Waals surface area contributed by atoms with E-state index in [1.165, 1.54) is 9.85 Å². The van der Waals surface area contributed by atoms with Crippen LogP contribution in [0.3, 0.4) is 0 Å². The van der Waals surface area contributed by atoms with E-state index in [0.29, 0.717) is 0 Å². The monoisotopic (exact) mass is 90.0 g/mol. The van der Waals surface area contributed by atoms with E-state index in [4.69, 9.17) is 10.2 Å². The highest BCUT2D eigenvalue weighted by Gasteiger charge is 1.71. The Labute approximate surface area is 33.1 Å².